The predicted octanol–water partition coefficient (Wildman–Crippen LogP) is 3.03. The topological polar surface area (TPSA) is 129 Å². The van der Waals surface area contributed by atoms with Gasteiger partial charge in [-0.2, -0.15) is 0 Å². The molecule has 0 unspecified atom stereocenters. The van der Waals surface area contributed by atoms with Gasteiger partial charge in [-0.15, -0.1) is 12.4 Å². The average molecular weight is 374 g/mol. The molecule has 3 rings (SSSR count). The van der Waals surface area contributed by atoms with E-state index in [2.05, 4.69) is 4.98 Å². The highest BCUT2D eigenvalue weighted by molar-refractivity contribution is 6.05. The Morgan fingerprint density at radius 3 is 2.42 bits per heavy atom. The second kappa shape index (κ2) is 7.66. The highest BCUT2D eigenvalue weighted by Gasteiger charge is 2.21. The maximum absolute atomic E-state index is 12.7. The minimum absolute atomic E-state index is 0. The molecule has 0 spiro atoms. The number of carbonyl (C=O) groups is 1. The standard InChI is InChI=1S/C17H15N5O3.ClH/c18-17(19)21(10-11-5-7-13(8-6-11)22(24)25)16(23)15-9-12-3-1-2-4-14(12)20-15;/h1-9,20H,10H2,(H3,18,19);1H. The van der Waals surface area contributed by atoms with Crippen LogP contribution in [0.25, 0.3) is 10.9 Å². The van der Waals surface area contributed by atoms with Gasteiger partial charge in [-0.1, -0.05) is 30.3 Å². The summed E-state index contributed by atoms with van der Waals surface area (Å²) in [6.45, 7) is 0.0432. The van der Waals surface area contributed by atoms with Crippen LogP contribution in [0.5, 0.6) is 0 Å². The van der Waals surface area contributed by atoms with Crippen molar-refractivity contribution in [2.75, 3.05) is 0 Å². The Bertz CT molecular complexity index is 935. The van der Waals surface area contributed by atoms with Gasteiger partial charge in [0, 0.05) is 23.0 Å². The molecule has 0 fully saturated rings. The summed E-state index contributed by atoms with van der Waals surface area (Å²) >= 11 is 0. The van der Waals surface area contributed by atoms with Crippen LogP contribution in [0, 0.1) is 15.5 Å². The molecule has 0 saturated carbocycles. The van der Waals surface area contributed by atoms with Crippen LogP contribution in [0.1, 0.15) is 16.1 Å². The van der Waals surface area contributed by atoms with Crippen molar-refractivity contribution in [3.05, 3.63) is 76.0 Å². The number of nitro groups is 1. The maximum Gasteiger partial charge on any atom is 0.277 e. The van der Waals surface area contributed by atoms with E-state index in [0.29, 0.717) is 11.3 Å². The number of para-hydroxylation sites is 1. The van der Waals surface area contributed by atoms with Crippen LogP contribution in [-0.2, 0) is 6.54 Å². The van der Waals surface area contributed by atoms with Crippen molar-refractivity contribution in [2.45, 2.75) is 6.54 Å². The Kier molecular flexibility index (Phi) is 5.58. The van der Waals surface area contributed by atoms with Gasteiger partial charge >= 0.3 is 0 Å². The van der Waals surface area contributed by atoms with E-state index < -0.39 is 16.8 Å². The average Bonchev–Trinajstić information content (AvgIpc) is 3.03. The fourth-order valence-corrected chi connectivity index (χ4v) is 2.51. The van der Waals surface area contributed by atoms with E-state index in [1.54, 1.807) is 6.07 Å². The minimum atomic E-state index is -0.498. The summed E-state index contributed by atoms with van der Waals surface area (Å²) in [4.78, 5) is 27.0. The summed E-state index contributed by atoms with van der Waals surface area (Å²) in [6.07, 6.45) is 0. The first-order valence-corrected chi connectivity index (χ1v) is 7.42. The molecule has 0 aliphatic rings. The summed E-state index contributed by atoms with van der Waals surface area (Å²) in [5.41, 5.74) is 7.28. The van der Waals surface area contributed by atoms with Gasteiger partial charge in [-0.25, -0.2) is 0 Å². The SMILES string of the molecule is Cl.N=C(N)N(Cc1ccc([N+](=O)[O-])cc1)C(=O)c1cc2ccccc2[nH]1. The molecule has 0 saturated heterocycles. The van der Waals surface area contributed by atoms with Gasteiger partial charge in [0.15, 0.2) is 5.96 Å². The monoisotopic (exact) mass is 373 g/mol. The lowest BCUT2D eigenvalue weighted by molar-refractivity contribution is -0.384. The first kappa shape index (κ1) is 18.9. The number of aromatic amines is 1. The first-order valence-electron chi connectivity index (χ1n) is 7.42. The van der Waals surface area contributed by atoms with Crippen LogP contribution in [0.4, 0.5) is 5.69 Å². The number of nitrogens with zero attached hydrogens (tertiary/aromatic N) is 2. The van der Waals surface area contributed by atoms with Crippen LogP contribution in [0.3, 0.4) is 0 Å². The fraction of sp³-hybridized carbons (Fsp3) is 0.0588. The molecule has 2 aromatic carbocycles. The zero-order chi connectivity index (χ0) is 18.0. The molecule has 4 N–H and O–H groups in total. The largest absolute Gasteiger partial charge is 0.370 e. The van der Waals surface area contributed by atoms with E-state index in [-0.39, 0.29) is 24.6 Å². The van der Waals surface area contributed by atoms with E-state index in [0.717, 1.165) is 15.8 Å². The molecule has 8 nitrogen and oxygen atoms in total. The molecule has 26 heavy (non-hydrogen) atoms. The van der Waals surface area contributed by atoms with Gasteiger partial charge in [0.05, 0.1) is 11.5 Å². The number of H-pyrrole nitrogens is 1. The molecule has 0 aliphatic carbocycles. The molecule has 0 atom stereocenters. The van der Waals surface area contributed by atoms with Crippen LogP contribution in [-0.4, -0.2) is 26.7 Å². The van der Waals surface area contributed by atoms with Crippen molar-refractivity contribution < 1.29 is 9.72 Å². The number of hydrogen-bond acceptors (Lipinski definition) is 4. The molecule has 0 aliphatic heterocycles. The number of aromatic nitrogens is 1. The molecule has 3 aromatic rings. The number of rotatable bonds is 4. The van der Waals surface area contributed by atoms with Crippen molar-refractivity contribution in [3.8, 4) is 0 Å². The summed E-state index contributed by atoms with van der Waals surface area (Å²) in [5.74, 6) is -0.843. The van der Waals surface area contributed by atoms with Crippen molar-refractivity contribution in [1.82, 2.24) is 9.88 Å². The highest BCUT2D eigenvalue weighted by atomic mass is 35.5. The van der Waals surface area contributed by atoms with Crippen LogP contribution >= 0.6 is 12.4 Å². The third-order valence-electron chi connectivity index (χ3n) is 3.78. The van der Waals surface area contributed by atoms with E-state index in [4.69, 9.17) is 11.1 Å². The van der Waals surface area contributed by atoms with Gasteiger partial charge < -0.3 is 10.7 Å². The van der Waals surface area contributed by atoms with Gasteiger partial charge in [0.25, 0.3) is 11.6 Å². The molecule has 0 radical (unpaired) electrons. The molecule has 0 bridgehead atoms. The Morgan fingerprint density at radius 2 is 1.85 bits per heavy atom. The maximum atomic E-state index is 12.7. The zero-order valence-electron chi connectivity index (χ0n) is 13.5. The van der Waals surface area contributed by atoms with Gasteiger partial charge in [0.2, 0.25) is 0 Å². The number of nitro benzene ring substituents is 1. The number of non-ortho nitro benzene ring substituents is 1. The van der Waals surface area contributed by atoms with Crippen LogP contribution in [0.15, 0.2) is 54.6 Å². The Balaban J connectivity index is 0.00000243. The quantitative estimate of drug-likeness (QED) is 0.281. The summed E-state index contributed by atoms with van der Waals surface area (Å²) < 4.78 is 0. The fourth-order valence-electron chi connectivity index (χ4n) is 2.51. The Morgan fingerprint density at radius 1 is 1.19 bits per heavy atom. The number of amides is 1. The molecular weight excluding hydrogens is 358 g/mol. The molecule has 1 amide bonds. The molecule has 9 heteroatoms. The smallest absolute Gasteiger partial charge is 0.277 e. The lowest BCUT2D eigenvalue weighted by Crippen LogP contribution is -2.40. The summed E-state index contributed by atoms with van der Waals surface area (Å²) in [7, 11) is 0. The number of guanidine groups is 1. The van der Waals surface area contributed by atoms with Gasteiger partial charge in [-0.3, -0.25) is 25.2 Å². The third-order valence-corrected chi connectivity index (χ3v) is 3.78. The van der Waals surface area contributed by atoms with E-state index >= 15 is 0 Å². The highest BCUT2D eigenvalue weighted by Crippen LogP contribution is 2.18. The number of nitrogens with one attached hydrogen (secondary N) is 2. The molecular formula is C17H16ClN5O3. The summed E-state index contributed by atoms with van der Waals surface area (Å²) in [6, 6.07) is 14.9. The van der Waals surface area contributed by atoms with Crippen LogP contribution in [0.2, 0.25) is 0 Å². The first-order chi connectivity index (χ1) is 12.0. The number of halogens is 1. The van der Waals surface area contributed by atoms with Crippen molar-refractivity contribution in [1.29, 1.82) is 5.41 Å². The Labute approximate surface area is 154 Å². The van der Waals surface area contributed by atoms with Gasteiger partial charge in [-0.05, 0) is 17.7 Å². The lowest BCUT2D eigenvalue weighted by atomic mass is 10.2. The van der Waals surface area contributed by atoms with Gasteiger partial charge in [0.1, 0.15) is 5.69 Å². The summed E-state index contributed by atoms with van der Waals surface area (Å²) in [5, 5.41) is 19.3. The third kappa shape index (κ3) is 3.81. The number of carbonyl (C=O) groups excluding carboxylic acids is 1. The zero-order valence-corrected chi connectivity index (χ0v) is 14.3. The number of nitrogens with two attached hydrogens (primary N) is 1. The second-order valence-corrected chi connectivity index (χ2v) is 5.47. The Hall–Kier alpha value is -3.39. The number of hydrogen-bond donors (Lipinski definition) is 3. The number of benzene rings is 2. The molecule has 134 valence electrons. The van der Waals surface area contributed by atoms with E-state index in [9.17, 15) is 14.9 Å². The van der Waals surface area contributed by atoms with Crippen molar-refractivity contribution in [3.63, 3.8) is 0 Å². The van der Waals surface area contributed by atoms with E-state index in [1.165, 1.54) is 24.3 Å². The van der Waals surface area contributed by atoms with E-state index in [1.807, 2.05) is 24.3 Å². The predicted molar refractivity (Wildman–Crippen MR) is 100 cm³/mol. The lowest BCUT2D eigenvalue weighted by Gasteiger charge is -2.20. The second-order valence-electron chi connectivity index (χ2n) is 5.47. The van der Waals surface area contributed by atoms with Crippen LogP contribution < -0.4 is 5.73 Å². The van der Waals surface area contributed by atoms with Crippen molar-refractivity contribution >= 4 is 40.9 Å². The minimum Gasteiger partial charge on any atom is -0.370 e. The normalized spacial score (nSPS) is 10.2. The molecule has 1 aromatic heterocycles. The van der Waals surface area contributed by atoms with Crippen molar-refractivity contribution in [2.24, 2.45) is 5.73 Å². The molecule has 1 heterocycles. The number of fused-ring (bicyclic) bond motifs is 1.